The Morgan fingerprint density at radius 3 is 2.84 bits per heavy atom. The lowest BCUT2D eigenvalue weighted by molar-refractivity contribution is 0.407. The van der Waals surface area contributed by atoms with Gasteiger partial charge in [0.2, 0.25) is 10.0 Å². The first-order valence-electron chi connectivity index (χ1n) is 6.37. The fraction of sp³-hybridized carbons (Fsp3) is 0.667. The van der Waals surface area contributed by atoms with Crippen LogP contribution in [0.1, 0.15) is 16.2 Å². The van der Waals surface area contributed by atoms with Crippen LogP contribution < -0.4 is 10.0 Å². The first kappa shape index (κ1) is 14.9. The third-order valence-electron chi connectivity index (χ3n) is 3.28. The zero-order chi connectivity index (χ0) is 14.0. The van der Waals surface area contributed by atoms with Gasteiger partial charge in [-0.25, -0.2) is 13.1 Å². The van der Waals surface area contributed by atoms with E-state index in [0.29, 0.717) is 11.4 Å². The molecule has 0 spiro atoms. The molecule has 5 nitrogen and oxygen atoms in total. The molecule has 1 atom stereocenters. The number of sulfonamides is 1. The highest BCUT2D eigenvalue weighted by Gasteiger charge is 2.27. The summed E-state index contributed by atoms with van der Waals surface area (Å²) in [5.74, 6) is 0. The Balaban J connectivity index is 2.14. The number of likely N-dealkylation sites (tertiary alicyclic amines) is 1. The standard InChI is InChI=1S/C12H21N3O2S2/c1-9-12(6-11(18-9)7-13-2)19(16,17)14-10-4-5-15(3)8-10/h6,10,13-14H,4-5,7-8H2,1-3H3. The van der Waals surface area contributed by atoms with Gasteiger partial charge in [-0.1, -0.05) is 0 Å². The van der Waals surface area contributed by atoms with E-state index in [-0.39, 0.29) is 6.04 Å². The highest BCUT2D eigenvalue weighted by molar-refractivity contribution is 7.89. The van der Waals surface area contributed by atoms with Gasteiger partial charge in [-0.3, -0.25) is 0 Å². The minimum atomic E-state index is -3.39. The van der Waals surface area contributed by atoms with Crippen LogP contribution in [0, 0.1) is 6.92 Å². The van der Waals surface area contributed by atoms with Crippen LogP contribution in [0.2, 0.25) is 0 Å². The first-order chi connectivity index (χ1) is 8.92. The molecule has 2 N–H and O–H groups in total. The van der Waals surface area contributed by atoms with Crippen molar-refractivity contribution in [2.45, 2.75) is 30.8 Å². The molecule has 1 unspecified atom stereocenters. The minimum Gasteiger partial charge on any atom is -0.315 e. The van der Waals surface area contributed by atoms with E-state index < -0.39 is 10.0 Å². The molecule has 7 heteroatoms. The molecule has 0 aromatic carbocycles. The molecule has 2 rings (SSSR count). The normalized spacial score (nSPS) is 21.1. The van der Waals surface area contributed by atoms with E-state index in [0.717, 1.165) is 29.3 Å². The van der Waals surface area contributed by atoms with Gasteiger partial charge < -0.3 is 10.2 Å². The number of hydrogen-bond acceptors (Lipinski definition) is 5. The van der Waals surface area contributed by atoms with Crippen molar-refractivity contribution in [3.05, 3.63) is 15.8 Å². The molecule has 0 bridgehead atoms. The number of likely N-dealkylation sites (N-methyl/N-ethyl adjacent to an activating group) is 1. The van der Waals surface area contributed by atoms with Crippen molar-refractivity contribution in [2.24, 2.45) is 0 Å². The fourth-order valence-electron chi connectivity index (χ4n) is 2.37. The Kier molecular flexibility index (Phi) is 4.62. The molecule has 1 aliphatic heterocycles. The highest BCUT2D eigenvalue weighted by atomic mass is 32.2. The zero-order valence-corrected chi connectivity index (χ0v) is 13.2. The molecule has 1 aromatic rings. The van der Waals surface area contributed by atoms with Crippen LogP contribution in [0.4, 0.5) is 0 Å². The number of thiophene rings is 1. The summed E-state index contributed by atoms with van der Waals surface area (Å²) in [7, 11) is 0.477. The summed E-state index contributed by atoms with van der Waals surface area (Å²) in [5.41, 5.74) is 0. The van der Waals surface area contributed by atoms with Gasteiger partial charge in [-0.15, -0.1) is 11.3 Å². The van der Waals surface area contributed by atoms with Crippen LogP contribution in [-0.4, -0.2) is 46.5 Å². The molecular formula is C12H21N3O2S2. The Labute approximate surface area is 119 Å². The SMILES string of the molecule is CNCc1cc(S(=O)(=O)NC2CCN(C)C2)c(C)s1. The summed E-state index contributed by atoms with van der Waals surface area (Å²) in [6, 6.07) is 1.80. The molecule has 1 aliphatic rings. The molecular weight excluding hydrogens is 282 g/mol. The van der Waals surface area contributed by atoms with E-state index in [1.54, 1.807) is 6.07 Å². The van der Waals surface area contributed by atoms with Gasteiger partial charge in [0.1, 0.15) is 0 Å². The van der Waals surface area contributed by atoms with Crippen molar-refractivity contribution < 1.29 is 8.42 Å². The monoisotopic (exact) mass is 303 g/mol. The molecule has 2 heterocycles. The van der Waals surface area contributed by atoms with E-state index >= 15 is 0 Å². The Bertz CT molecular complexity index is 539. The largest absolute Gasteiger partial charge is 0.315 e. The van der Waals surface area contributed by atoms with Crippen molar-refractivity contribution >= 4 is 21.4 Å². The van der Waals surface area contributed by atoms with Gasteiger partial charge in [-0.2, -0.15) is 0 Å². The topological polar surface area (TPSA) is 61.4 Å². The van der Waals surface area contributed by atoms with Gasteiger partial charge in [0, 0.05) is 28.9 Å². The smallest absolute Gasteiger partial charge is 0.241 e. The predicted octanol–water partition coefficient (Wildman–Crippen LogP) is 0.758. The maximum absolute atomic E-state index is 12.4. The Hall–Kier alpha value is -0.470. The van der Waals surface area contributed by atoms with Crippen LogP contribution in [0.25, 0.3) is 0 Å². The maximum Gasteiger partial charge on any atom is 0.241 e. The van der Waals surface area contributed by atoms with Crippen LogP contribution in [0.5, 0.6) is 0 Å². The predicted molar refractivity (Wildman–Crippen MR) is 78.0 cm³/mol. The maximum atomic E-state index is 12.4. The second kappa shape index (κ2) is 5.88. The molecule has 19 heavy (non-hydrogen) atoms. The van der Waals surface area contributed by atoms with E-state index in [4.69, 9.17) is 0 Å². The number of nitrogens with one attached hydrogen (secondary N) is 2. The van der Waals surface area contributed by atoms with Crippen LogP contribution in [-0.2, 0) is 16.6 Å². The molecule has 1 fully saturated rings. The quantitative estimate of drug-likeness (QED) is 0.843. The zero-order valence-electron chi connectivity index (χ0n) is 11.6. The number of hydrogen-bond donors (Lipinski definition) is 2. The number of rotatable bonds is 5. The lowest BCUT2D eigenvalue weighted by atomic mass is 10.3. The summed E-state index contributed by atoms with van der Waals surface area (Å²) in [4.78, 5) is 4.46. The van der Waals surface area contributed by atoms with Crippen LogP contribution in [0.3, 0.4) is 0 Å². The lowest BCUT2D eigenvalue weighted by Gasteiger charge is -2.13. The third-order valence-corrected chi connectivity index (χ3v) is 6.10. The Morgan fingerprint density at radius 2 is 2.26 bits per heavy atom. The van der Waals surface area contributed by atoms with Crippen LogP contribution >= 0.6 is 11.3 Å². The van der Waals surface area contributed by atoms with Crippen molar-refractivity contribution in [1.29, 1.82) is 0 Å². The summed E-state index contributed by atoms with van der Waals surface area (Å²) in [5, 5.41) is 3.04. The van der Waals surface area contributed by atoms with Crippen molar-refractivity contribution in [2.75, 3.05) is 27.2 Å². The van der Waals surface area contributed by atoms with Gasteiger partial charge >= 0.3 is 0 Å². The van der Waals surface area contributed by atoms with Crippen molar-refractivity contribution in [3.63, 3.8) is 0 Å². The van der Waals surface area contributed by atoms with E-state index in [1.165, 1.54) is 11.3 Å². The molecule has 0 radical (unpaired) electrons. The third kappa shape index (κ3) is 3.55. The van der Waals surface area contributed by atoms with Gasteiger partial charge in [0.25, 0.3) is 0 Å². The molecule has 0 amide bonds. The lowest BCUT2D eigenvalue weighted by Crippen LogP contribution is -2.36. The molecule has 0 saturated carbocycles. The van der Waals surface area contributed by atoms with Crippen molar-refractivity contribution in [1.82, 2.24) is 14.9 Å². The molecule has 108 valence electrons. The summed E-state index contributed by atoms with van der Waals surface area (Å²) in [6.45, 7) is 4.29. The average molecular weight is 303 g/mol. The van der Waals surface area contributed by atoms with Gasteiger partial charge in [0.05, 0.1) is 4.90 Å². The number of aryl methyl sites for hydroxylation is 1. The van der Waals surface area contributed by atoms with Gasteiger partial charge in [-0.05, 0) is 40.1 Å². The summed E-state index contributed by atoms with van der Waals surface area (Å²) >= 11 is 1.53. The van der Waals surface area contributed by atoms with E-state index in [1.807, 2.05) is 21.0 Å². The minimum absolute atomic E-state index is 0.0297. The second-order valence-corrected chi connectivity index (χ2v) is 8.06. The van der Waals surface area contributed by atoms with E-state index in [9.17, 15) is 8.42 Å². The fourth-order valence-corrected chi connectivity index (χ4v) is 5.28. The molecule has 1 aromatic heterocycles. The molecule has 1 saturated heterocycles. The summed E-state index contributed by atoms with van der Waals surface area (Å²) < 4.78 is 27.6. The van der Waals surface area contributed by atoms with Crippen molar-refractivity contribution in [3.8, 4) is 0 Å². The van der Waals surface area contributed by atoms with Crippen LogP contribution in [0.15, 0.2) is 11.0 Å². The first-order valence-corrected chi connectivity index (χ1v) is 8.67. The van der Waals surface area contributed by atoms with E-state index in [2.05, 4.69) is 14.9 Å². The van der Waals surface area contributed by atoms with Gasteiger partial charge in [0.15, 0.2) is 0 Å². The highest BCUT2D eigenvalue weighted by Crippen LogP contribution is 2.26. The average Bonchev–Trinajstić information content (AvgIpc) is 2.86. The number of nitrogens with zero attached hydrogens (tertiary/aromatic N) is 1. The summed E-state index contributed by atoms with van der Waals surface area (Å²) in [6.07, 6.45) is 0.877. The Morgan fingerprint density at radius 1 is 1.53 bits per heavy atom. The molecule has 0 aliphatic carbocycles. The second-order valence-electron chi connectivity index (χ2n) is 5.03.